The summed E-state index contributed by atoms with van der Waals surface area (Å²) in [5, 5.41) is 0. The van der Waals surface area contributed by atoms with E-state index >= 15 is 0 Å². The zero-order valence-corrected chi connectivity index (χ0v) is 14.8. The Bertz CT molecular complexity index is 549. The van der Waals surface area contributed by atoms with Gasteiger partial charge in [-0.05, 0) is 20.0 Å². The highest BCUT2D eigenvalue weighted by atomic mass is 35.5. The fraction of sp³-hybridized carbons (Fsp3) is 0.500. The topological polar surface area (TPSA) is 52.6 Å². The van der Waals surface area contributed by atoms with Gasteiger partial charge in [0, 0.05) is 17.2 Å². The molecule has 22 heavy (non-hydrogen) atoms. The van der Waals surface area contributed by atoms with Crippen LogP contribution >= 0.6 is 19.5 Å². The van der Waals surface area contributed by atoms with Gasteiger partial charge in [-0.3, -0.25) is 0 Å². The van der Waals surface area contributed by atoms with Crippen LogP contribution in [0.5, 0.6) is 0 Å². The molecule has 0 saturated heterocycles. The van der Waals surface area contributed by atoms with Crippen molar-refractivity contribution in [2.75, 3.05) is 26.3 Å². The highest BCUT2D eigenvalue weighted by molar-refractivity contribution is 7.61. The van der Waals surface area contributed by atoms with Crippen LogP contribution in [0.25, 0.3) is 0 Å². The van der Waals surface area contributed by atoms with E-state index in [1.54, 1.807) is 0 Å². The van der Waals surface area contributed by atoms with Crippen molar-refractivity contribution in [3.8, 4) is 0 Å². The summed E-state index contributed by atoms with van der Waals surface area (Å²) >= 11 is 5.69. The van der Waals surface area contributed by atoms with Gasteiger partial charge in [-0.2, -0.15) is 0 Å². The van der Waals surface area contributed by atoms with Crippen LogP contribution < -0.4 is 0 Å². The summed E-state index contributed by atoms with van der Waals surface area (Å²) in [6.07, 6.45) is 4.77. The monoisotopic (exact) mass is 342 g/mol. The van der Waals surface area contributed by atoms with E-state index in [0.29, 0.717) is 17.0 Å². The molecule has 0 saturated carbocycles. The second-order valence-electron chi connectivity index (χ2n) is 5.30. The van der Waals surface area contributed by atoms with Gasteiger partial charge < -0.3 is 9.47 Å². The lowest BCUT2D eigenvalue weighted by Crippen LogP contribution is -2.24. The first-order chi connectivity index (χ1) is 10.5. The largest absolute Gasteiger partial charge is 0.466 e. The van der Waals surface area contributed by atoms with Gasteiger partial charge in [0.2, 0.25) is 0 Å². The molecule has 0 aliphatic carbocycles. The third kappa shape index (κ3) is 2.63. The number of rotatable bonds is 5. The molecule has 2 heterocycles. The maximum Gasteiger partial charge on any atom is 0.335 e. The number of methoxy groups -OCH3 is 2. The molecule has 2 atom stereocenters. The third-order valence-corrected chi connectivity index (χ3v) is 7.75. The number of hydrogen-bond donors (Lipinski definition) is 0. The zero-order valence-electron chi connectivity index (χ0n) is 13.2. The Morgan fingerprint density at radius 2 is 1.50 bits per heavy atom. The first-order valence-corrected chi connectivity index (χ1v) is 9.24. The second kappa shape index (κ2) is 6.97. The molecular formula is C16H20ClO4P. The second-order valence-corrected chi connectivity index (χ2v) is 8.04. The van der Waals surface area contributed by atoms with E-state index < -0.39 is 19.9 Å². The Balaban J connectivity index is 2.46. The highest BCUT2D eigenvalue weighted by Crippen LogP contribution is 2.67. The van der Waals surface area contributed by atoms with Crippen LogP contribution in [-0.4, -0.2) is 49.5 Å². The van der Waals surface area contributed by atoms with E-state index in [0.717, 1.165) is 6.16 Å². The minimum atomic E-state index is -0.597. The predicted molar refractivity (Wildman–Crippen MR) is 88.7 cm³/mol. The van der Waals surface area contributed by atoms with Gasteiger partial charge in [0.1, 0.15) is 0 Å². The third-order valence-electron chi connectivity index (χ3n) is 4.33. The van der Waals surface area contributed by atoms with Crippen molar-refractivity contribution in [2.24, 2.45) is 0 Å². The van der Waals surface area contributed by atoms with E-state index in [4.69, 9.17) is 21.1 Å². The summed E-state index contributed by atoms with van der Waals surface area (Å²) in [6.45, 7) is 4.08. The molecule has 2 unspecified atom stereocenters. The van der Waals surface area contributed by atoms with Crippen LogP contribution in [0.2, 0.25) is 0 Å². The molecule has 2 aliphatic heterocycles. The van der Waals surface area contributed by atoms with E-state index in [2.05, 4.69) is 0 Å². The van der Waals surface area contributed by atoms with Crippen LogP contribution in [0, 0.1) is 0 Å². The smallest absolute Gasteiger partial charge is 0.335 e. The fourth-order valence-corrected chi connectivity index (χ4v) is 7.06. The molecule has 6 heteroatoms. The van der Waals surface area contributed by atoms with Gasteiger partial charge in [-0.15, -0.1) is 11.6 Å². The predicted octanol–water partition coefficient (Wildman–Crippen LogP) is 3.01. The average molecular weight is 343 g/mol. The number of fused-ring (bicyclic) bond motifs is 2. The molecule has 0 aromatic rings. The lowest BCUT2D eigenvalue weighted by atomic mass is 9.87. The van der Waals surface area contributed by atoms with Crippen molar-refractivity contribution < 1.29 is 19.1 Å². The first kappa shape index (κ1) is 17.2. The number of alkyl halides is 1. The van der Waals surface area contributed by atoms with E-state index in [-0.39, 0.29) is 11.3 Å². The molecule has 2 bridgehead atoms. The molecule has 0 aromatic carbocycles. The molecule has 2 aliphatic rings. The van der Waals surface area contributed by atoms with Crippen LogP contribution in [0.4, 0.5) is 0 Å². The standard InChI is InChI=1S/C16H20ClO4P/c1-9-10(2)14-12(16(19)21-4)11(15(18)20-3)13(9)22(14)8-6-5-7-17/h5-6,13-14H,7-8H2,1-4H3/b6-5-. The SMILES string of the molecule is COC(=O)C1=C(C(=O)OC)C2C(C)=C(C)C1P2C/C=C\CCl. The fourth-order valence-electron chi connectivity index (χ4n) is 3.27. The Kier molecular flexibility index (Phi) is 5.46. The summed E-state index contributed by atoms with van der Waals surface area (Å²) in [4.78, 5) is 24.4. The maximum absolute atomic E-state index is 12.2. The van der Waals surface area contributed by atoms with Gasteiger partial charge in [0.25, 0.3) is 0 Å². The van der Waals surface area contributed by atoms with Crippen LogP contribution in [-0.2, 0) is 19.1 Å². The summed E-state index contributed by atoms with van der Waals surface area (Å²) in [5.74, 6) is -0.382. The Hall–Kier alpha value is -1.12. The normalized spacial score (nSPS) is 27.0. The summed E-state index contributed by atoms with van der Waals surface area (Å²) in [6, 6.07) is 0. The molecule has 0 aromatic heterocycles. The van der Waals surface area contributed by atoms with Crippen molar-refractivity contribution >= 4 is 31.5 Å². The lowest BCUT2D eigenvalue weighted by molar-refractivity contribution is -0.139. The van der Waals surface area contributed by atoms with Crippen molar-refractivity contribution in [3.05, 3.63) is 34.4 Å². The molecule has 0 radical (unpaired) electrons. The van der Waals surface area contributed by atoms with Gasteiger partial charge in [0.05, 0.1) is 25.4 Å². The minimum Gasteiger partial charge on any atom is -0.466 e. The quantitative estimate of drug-likeness (QED) is 0.333. The van der Waals surface area contributed by atoms with Gasteiger partial charge in [0.15, 0.2) is 0 Å². The molecule has 0 amide bonds. The van der Waals surface area contributed by atoms with Gasteiger partial charge in [-0.1, -0.05) is 31.2 Å². The molecule has 0 N–H and O–H groups in total. The first-order valence-electron chi connectivity index (χ1n) is 7.04. The number of carbonyl (C=O) groups excluding carboxylic acids is 2. The highest BCUT2D eigenvalue weighted by Gasteiger charge is 2.53. The molecule has 0 spiro atoms. The lowest BCUT2D eigenvalue weighted by Gasteiger charge is -2.18. The summed E-state index contributed by atoms with van der Waals surface area (Å²) in [5.41, 5.74) is 3.33. The Morgan fingerprint density at radius 1 is 1.05 bits per heavy atom. The molecule has 120 valence electrons. The van der Waals surface area contributed by atoms with Crippen LogP contribution in [0.3, 0.4) is 0 Å². The van der Waals surface area contributed by atoms with Crippen molar-refractivity contribution in [1.82, 2.24) is 0 Å². The molecule has 2 rings (SSSR count). The summed E-state index contributed by atoms with van der Waals surface area (Å²) in [7, 11) is 2.09. The van der Waals surface area contributed by atoms with Gasteiger partial charge in [-0.25, -0.2) is 9.59 Å². The maximum atomic E-state index is 12.2. The molecule has 4 nitrogen and oxygen atoms in total. The number of ether oxygens (including phenoxy) is 2. The number of hydrogen-bond acceptors (Lipinski definition) is 4. The summed E-state index contributed by atoms with van der Waals surface area (Å²) < 4.78 is 9.83. The van der Waals surface area contributed by atoms with Crippen molar-refractivity contribution in [2.45, 2.75) is 25.2 Å². The average Bonchev–Trinajstić information content (AvgIpc) is 2.97. The Morgan fingerprint density at radius 3 is 1.86 bits per heavy atom. The molecule has 0 fully saturated rings. The van der Waals surface area contributed by atoms with E-state index in [1.165, 1.54) is 25.4 Å². The van der Waals surface area contributed by atoms with Crippen molar-refractivity contribution in [1.29, 1.82) is 0 Å². The van der Waals surface area contributed by atoms with E-state index in [1.807, 2.05) is 26.0 Å². The van der Waals surface area contributed by atoms with Crippen LogP contribution in [0.15, 0.2) is 34.4 Å². The van der Waals surface area contributed by atoms with Crippen LogP contribution in [0.1, 0.15) is 13.8 Å². The number of carbonyl (C=O) groups is 2. The Labute approximate surface area is 136 Å². The number of esters is 2. The van der Waals surface area contributed by atoms with Crippen molar-refractivity contribution in [3.63, 3.8) is 0 Å². The number of halogens is 1. The molecular weight excluding hydrogens is 323 g/mol. The van der Waals surface area contributed by atoms with Gasteiger partial charge >= 0.3 is 11.9 Å². The minimum absolute atomic E-state index is 0.0125. The number of allylic oxidation sites excluding steroid dienone is 4. The zero-order chi connectivity index (χ0) is 16.4. The van der Waals surface area contributed by atoms with E-state index in [9.17, 15) is 9.59 Å².